The van der Waals surface area contributed by atoms with Crippen LogP contribution in [0.5, 0.6) is 0 Å². The zero-order valence-corrected chi connectivity index (χ0v) is 31.7. The van der Waals surface area contributed by atoms with Gasteiger partial charge in [-0.1, -0.05) is 182 Å². The predicted molar refractivity (Wildman–Crippen MR) is 243 cm³/mol. The standard InChI is InChI=1S/C54H34N2S/c1-2-11-42(12-3-1)54-55-49(34-50(56-54)52-33-44-14-6-9-17-51(44)57-52)40-26-22-37(23-27-40)35-18-20-36(21-19-35)38-24-28-41(29-25-38)53-46-16-8-5-13-43(46)32-48-45-15-7-4-10-39(45)30-31-47(48)53/h1-34H. The number of benzene rings is 9. The zero-order chi connectivity index (χ0) is 37.7. The Kier molecular flexibility index (Phi) is 8.04. The van der Waals surface area contributed by atoms with E-state index in [1.54, 1.807) is 11.3 Å². The van der Waals surface area contributed by atoms with Gasteiger partial charge in [0.1, 0.15) is 0 Å². The topological polar surface area (TPSA) is 25.8 Å². The van der Waals surface area contributed by atoms with Crippen LogP contribution in [0.3, 0.4) is 0 Å². The van der Waals surface area contributed by atoms with Gasteiger partial charge < -0.3 is 0 Å². The fourth-order valence-electron chi connectivity index (χ4n) is 8.19. The lowest BCUT2D eigenvalue weighted by atomic mass is 9.89. The lowest BCUT2D eigenvalue weighted by molar-refractivity contribution is 1.19. The van der Waals surface area contributed by atoms with Crippen LogP contribution in [-0.2, 0) is 0 Å². The van der Waals surface area contributed by atoms with Gasteiger partial charge in [0.15, 0.2) is 5.82 Å². The van der Waals surface area contributed by atoms with Gasteiger partial charge in [-0.15, -0.1) is 11.3 Å². The van der Waals surface area contributed by atoms with E-state index in [9.17, 15) is 0 Å². The second-order valence-electron chi connectivity index (χ2n) is 14.6. The highest BCUT2D eigenvalue weighted by molar-refractivity contribution is 7.22. The molecule has 0 N–H and O–H groups in total. The Morgan fingerprint density at radius 1 is 0.298 bits per heavy atom. The molecule has 2 nitrogen and oxygen atoms in total. The van der Waals surface area contributed by atoms with E-state index in [1.165, 1.54) is 70.2 Å². The summed E-state index contributed by atoms with van der Waals surface area (Å²) in [7, 11) is 0. The maximum Gasteiger partial charge on any atom is 0.160 e. The minimum atomic E-state index is 0.729. The smallest absolute Gasteiger partial charge is 0.160 e. The zero-order valence-electron chi connectivity index (χ0n) is 30.9. The van der Waals surface area contributed by atoms with E-state index >= 15 is 0 Å². The van der Waals surface area contributed by atoms with Crippen LogP contribution in [0.25, 0.3) is 109 Å². The van der Waals surface area contributed by atoms with Gasteiger partial charge in [-0.25, -0.2) is 9.97 Å². The Morgan fingerprint density at radius 3 is 1.53 bits per heavy atom. The van der Waals surface area contributed by atoms with Crippen molar-refractivity contribution in [3.63, 3.8) is 0 Å². The molecule has 2 heterocycles. The molecule has 2 aromatic heterocycles. The fourth-order valence-corrected chi connectivity index (χ4v) is 9.22. The van der Waals surface area contributed by atoms with Crippen molar-refractivity contribution in [3.8, 4) is 66.6 Å². The molecule has 0 saturated carbocycles. The summed E-state index contributed by atoms with van der Waals surface area (Å²) in [5.74, 6) is 0.729. The molecule has 0 saturated heterocycles. The van der Waals surface area contributed by atoms with Gasteiger partial charge in [0, 0.05) is 15.8 Å². The molecule has 11 aromatic rings. The van der Waals surface area contributed by atoms with Gasteiger partial charge in [0.2, 0.25) is 0 Å². The lowest BCUT2D eigenvalue weighted by Gasteiger charge is -2.14. The highest BCUT2D eigenvalue weighted by Gasteiger charge is 2.15. The summed E-state index contributed by atoms with van der Waals surface area (Å²) in [5, 5.41) is 8.89. The summed E-state index contributed by atoms with van der Waals surface area (Å²) in [6, 6.07) is 74.1. The van der Waals surface area contributed by atoms with Gasteiger partial charge in [0.05, 0.1) is 16.3 Å². The average Bonchev–Trinajstić information content (AvgIpc) is 3.73. The van der Waals surface area contributed by atoms with Crippen molar-refractivity contribution >= 4 is 53.7 Å². The van der Waals surface area contributed by atoms with E-state index in [0.717, 1.165) is 38.8 Å². The number of aromatic nitrogens is 2. The molecule has 3 heteroatoms. The number of nitrogens with zero attached hydrogens (tertiary/aromatic N) is 2. The van der Waals surface area contributed by atoms with Gasteiger partial charge >= 0.3 is 0 Å². The number of hydrogen-bond acceptors (Lipinski definition) is 3. The first-order chi connectivity index (χ1) is 28.2. The quantitative estimate of drug-likeness (QED) is 0.125. The number of hydrogen-bond donors (Lipinski definition) is 0. The van der Waals surface area contributed by atoms with Crippen LogP contribution < -0.4 is 0 Å². The number of fused-ring (bicyclic) bond motifs is 5. The Bertz CT molecular complexity index is 3220. The molecule has 0 amide bonds. The highest BCUT2D eigenvalue weighted by atomic mass is 32.1. The van der Waals surface area contributed by atoms with Crippen molar-refractivity contribution in [2.45, 2.75) is 0 Å². The molecule has 0 aliphatic carbocycles. The molecule has 11 rings (SSSR count). The third kappa shape index (κ3) is 6.06. The SMILES string of the molecule is c1ccc(-c2nc(-c3ccc(-c4ccc(-c5ccc(-c6c7ccccc7cc7c6ccc6ccccc67)cc5)cc4)cc3)cc(-c3cc4ccccc4s3)n2)cc1. The van der Waals surface area contributed by atoms with E-state index in [4.69, 9.17) is 9.97 Å². The third-order valence-electron chi connectivity index (χ3n) is 11.1. The molecular weight excluding hydrogens is 709 g/mol. The average molecular weight is 743 g/mol. The van der Waals surface area contributed by atoms with Crippen LogP contribution in [0.4, 0.5) is 0 Å². The summed E-state index contributed by atoms with van der Waals surface area (Å²) in [6.07, 6.45) is 0. The predicted octanol–water partition coefficient (Wildman–Crippen LogP) is 15.2. The minimum absolute atomic E-state index is 0.729. The molecule has 0 unspecified atom stereocenters. The van der Waals surface area contributed by atoms with Crippen LogP contribution in [0.2, 0.25) is 0 Å². The molecule has 0 spiro atoms. The van der Waals surface area contributed by atoms with Gasteiger partial charge in [-0.2, -0.15) is 0 Å². The van der Waals surface area contributed by atoms with E-state index < -0.39 is 0 Å². The minimum Gasteiger partial charge on any atom is -0.228 e. The van der Waals surface area contributed by atoms with Gasteiger partial charge in [-0.3, -0.25) is 0 Å². The molecule has 0 atom stereocenters. The molecule has 266 valence electrons. The van der Waals surface area contributed by atoms with E-state index in [-0.39, 0.29) is 0 Å². The Labute approximate surface area is 335 Å². The van der Waals surface area contributed by atoms with E-state index in [2.05, 4.69) is 188 Å². The van der Waals surface area contributed by atoms with Crippen LogP contribution >= 0.6 is 11.3 Å². The first-order valence-corrected chi connectivity index (χ1v) is 20.1. The number of thiophene rings is 1. The summed E-state index contributed by atoms with van der Waals surface area (Å²) in [6.45, 7) is 0. The molecule has 0 bridgehead atoms. The molecule has 0 fully saturated rings. The van der Waals surface area contributed by atoms with Crippen LogP contribution in [0.15, 0.2) is 206 Å². The normalized spacial score (nSPS) is 11.5. The lowest BCUT2D eigenvalue weighted by Crippen LogP contribution is -1.95. The Hall–Kier alpha value is -7.20. The second kappa shape index (κ2) is 13.8. The molecular formula is C54H34N2S. The van der Waals surface area contributed by atoms with Crippen molar-refractivity contribution in [2.24, 2.45) is 0 Å². The summed E-state index contributed by atoms with van der Waals surface area (Å²) >= 11 is 1.77. The van der Waals surface area contributed by atoms with Crippen molar-refractivity contribution in [1.29, 1.82) is 0 Å². The maximum absolute atomic E-state index is 5.06. The summed E-state index contributed by atoms with van der Waals surface area (Å²) < 4.78 is 1.25. The van der Waals surface area contributed by atoms with E-state index in [1.807, 2.05) is 18.2 Å². The molecule has 0 radical (unpaired) electrons. The largest absolute Gasteiger partial charge is 0.228 e. The first kappa shape index (κ1) is 33.2. The van der Waals surface area contributed by atoms with Crippen molar-refractivity contribution in [1.82, 2.24) is 9.97 Å². The van der Waals surface area contributed by atoms with Crippen molar-refractivity contribution in [3.05, 3.63) is 206 Å². The Balaban J connectivity index is 0.893. The molecule has 57 heavy (non-hydrogen) atoms. The van der Waals surface area contributed by atoms with Crippen LogP contribution in [0.1, 0.15) is 0 Å². The summed E-state index contributed by atoms with van der Waals surface area (Å²) in [4.78, 5) is 11.2. The maximum atomic E-state index is 5.06. The molecule has 0 aliphatic rings. The van der Waals surface area contributed by atoms with E-state index in [0.29, 0.717) is 0 Å². The first-order valence-electron chi connectivity index (χ1n) is 19.3. The van der Waals surface area contributed by atoms with Crippen LogP contribution in [-0.4, -0.2) is 9.97 Å². The fraction of sp³-hybridized carbons (Fsp3) is 0. The Morgan fingerprint density at radius 2 is 0.842 bits per heavy atom. The summed E-state index contributed by atoms with van der Waals surface area (Å²) in [5.41, 5.74) is 11.2. The van der Waals surface area contributed by atoms with Gasteiger partial charge in [-0.05, 0) is 95.3 Å². The van der Waals surface area contributed by atoms with Crippen molar-refractivity contribution < 1.29 is 0 Å². The van der Waals surface area contributed by atoms with Crippen molar-refractivity contribution in [2.75, 3.05) is 0 Å². The molecule has 0 aliphatic heterocycles. The number of rotatable bonds is 6. The highest BCUT2D eigenvalue weighted by Crippen LogP contribution is 2.40. The monoisotopic (exact) mass is 742 g/mol. The van der Waals surface area contributed by atoms with Crippen LogP contribution in [0, 0.1) is 0 Å². The molecule has 9 aromatic carbocycles. The third-order valence-corrected chi connectivity index (χ3v) is 12.3. The second-order valence-corrected chi connectivity index (χ2v) is 15.6. The van der Waals surface area contributed by atoms with Gasteiger partial charge in [0.25, 0.3) is 0 Å².